The second kappa shape index (κ2) is 6.58. The van der Waals surface area contributed by atoms with Crippen molar-refractivity contribution in [2.45, 2.75) is 6.61 Å². The van der Waals surface area contributed by atoms with E-state index in [0.717, 1.165) is 11.1 Å². The standard InChI is InChI=1S/C15H11ClN2O/c16-15-7-5-12(6-8-15)10-18-19-11-14-4-2-1-3-13(14)9-17/h1-8,10H,11H2/b18-10-. The van der Waals surface area contributed by atoms with E-state index < -0.39 is 0 Å². The summed E-state index contributed by atoms with van der Waals surface area (Å²) in [6.07, 6.45) is 1.60. The molecule has 0 spiro atoms. The number of oxime groups is 1. The molecule has 0 bridgehead atoms. The molecule has 0 aliphatic carbocycles. The Hall–Kier alpha value is -2.31. The van der Waals surface area contributed by atoms with Crippen LogP contribution in [0, 0.1) is 11.3 Å². The van der Waals surface area contributed by atoms with E-state index >= 15 is 0 Å². The molecule has 0 radical (unpaired) electrons. The van der Waals surface area contributed by atoms with E-state index in [-0.39, 0.29) is 6.61 Å². The molecule has 0 amide bonds. The number of halogens is 1. The maximum absolute atomic E-state index is 8.92. The van der Waals surface area contributed by atoms with Crippen LogP contribution in [0.4, 0.5) is 0 Å². The predicted molar refractivity (Wildman–Crippen MR) is 75.0 cm³/mol. The first-order valence-corrected chi connectivity index (χ1v) is 6.06. The lowest BCUT2D eigenvalue weighted by Crippen LogP contribution is -1.92. The molecule has 2 aromatic carbocycles. The molecule has 19 heavy (non-hydrogen) atoms. The van der Waals surface area contributed by atoms with Crippen LogP contribution < -0.4 is 0 Å². The second-order valence-corrected chi connectivity index (χ2v) is 4.26. The summed E-state index contributed by atoms with van der Waals surface area (Å²) in [5.74, 6) is 0. The van der Waals surface area contributed by atoms with Crippen LogP contribution in [0.2, 0.25) is 5.02 Å². The minimum atomic E-state index is 0.272. The fraction of sp³-hybridized carbons (Fsp3) is 0.0667. The van der Waals surface area contributed by atoms with Gasteiger partial charge in [0.15, 0.2) is 0 Å². The molecule has 0 N–H and O–H groups in total. The first-order chi connectivity index (χ1) is 9.29. The van der Waals surface area contributed by atoms with Crippen LogP contribution in [0.1, 0.15) is 16.7 Å². The monoisotopic (exact) mass is 270 g/mol. The van der Waals surface area contributed by atoms with Crippen molar-refractivity contribution < 1.29 is 4.84 Å². The van der Waals surface area contributed by atoms with Gasteiger partial charge in [-0.2, -0.15) is 5.26 Å². The van der Waals surface area contributed by atoms with Gasteiger partial charge in [-0.1, -0.05) is 47.1 Å². The molecule has 0 atom stereocenters. The molecule has 0 aromatic heterocycles. The Morgan fingerprint density at radius 1 is 1.16 bits per heavy atom. The van der Waals surface area contributed by atoms with Crippen LogP contribution in [0.15, 0.2) is 53.7 Å². The SMILES string of the molecule is N#Cc1ccccc1CO/N=C\c1ccc(Cl)cc1. The van der Waals surface area contributed by atoms with Crippen molar-refractivity contribution >= 4 is 17.8 Å². The van der Waals surface area contributed by atoms with Gasteiger partial charge >= 0.3 is 0 Å². The normalized spacial score (nSPS) is 10.3. The lowest BCUT2D eigenvalue weighted by molar-refractivity contribution is 0.132. The Labute approximate surface area is 116 Å². The molecule has 0 heterocycles. The third-order valence-corrected chi connectivity index (χ3v) is 2.76. The Bertz CT molecular complexity index is 615. The number of hydrogen-bond acceptors (Lipinski definition) is 3. The summed E-state index contributed by atoms with van der Waals surface area (Å²) >= 11 is 5.78. The minimum absolute atomic E-state index is 0.272. The average Bonchev–Trinajstić information content (AvgIpc) is 2.46. The van der Waals surface area contributed by atoms with Crippen LogP contribution in [0.25, 0.3) is 0 Å². The number of benzene rings is 2. The highest BCUT2D eigenvalue weighted by molar-refractivity contribution is 6.30. The van der Waals surface area contributed by atoms with E-state index in [1.807, 2.05) is 30.3 Å². The highest BCUT2D eigenvalue weighted by Gasteiger charge is 1.99. The fourth-order valence-electron chi connectivity index (χ4n) is 1.51. The number of hydrogen-bond donors (Lipinski definition) is 0. The van der Waals surface area contributed by atoms with Gasteiger partial charge in [0.1, 0.15) is 6.61 Å². The van der Waals surface area contributed by atoms with Crippen molar-refractivity contribution in [3.8, 4) is 6.07 Å². The minimum Gasteiger partial charge on any atom is -0.391 e. The molecular weight excluding hydrogens is 260 g/mol. The Kier molecular flexibility index (Phi) is 4.54. The van der Waals surface area contributed by atoms with Gasteiger partial charge in [-0.15, -0.1) is 0 Å². The van der Waals surface area contributed by atoms with E-state index in [9.17, 15) is 0 Å². The van der Waals surface area contributed by atoms with Gasteiger partial charge < -0.3 is 4.84 Å². The highest BCUT2D eigenvalue weighted by Crippen LogP contribution is 2.10. The van der Waals surface area contributed by atoms with Gasteiger partial charge in [0, 0.05) is 10.6 Å². The summed E-state index contributed by atoms with van der Waals surface area (Å²) in [5.41, 5.74) is 2.32. The molecule has 0 fully saturated rings. The van der Waals surface area contributed by atoms with Gasteiger partial charge in [-0.25, -0.2) is 0 Å². The number of nitriles is 1. The summed E-state index contributed by atoms with van der Waals surface area (Å²) in [7, 11) is 0. The van der Waals surface area contributed by atoms with Crippen LogP contribution in [0.5, 0.6) is 0 Å². The first kappa shape index (κ1) is 13.1. The van der Waals surface area contributed by atoms with Crippen LogP contribution in [-0.2, 0) is 11.4 Å². The molecule has 3 nitrogen and oxygen atoms in total. The van der Waals surface area contributed by atoms with E-state index in [1.54, 1.807) is 24.4 Å². The zero-order valence-electron chi connectivity index (χ0n) is 10.1. The van der Waals surface area contributed by atoms with Crippen molar-refractivity contribution in [1.82, 2.24) is 0 Å². The van der Waals surface area contributed by atoms with Gasteiger partial charge in [0.05, 0.1) is 17.8 Å². The lowest BCUT2D eigenvalue weighted by Gasteiger charge is -2.01. The summed E-state index contributed by atoms with van der Waals surface area (Å²) in [6.45, 7) is 0.272. The zero-order chi connectivity index (χ0) is 13.5. The molecule has 0 aliphatic rings. The summed E-state index contributed by atoms with van der Waals surface area (Å²) in [5, 5.41) is 13.5. The predicted octanol–water partition coefficient (Wildman–Crippen LogP) is 3.76. The van der Waals surface area contributed by atoms with Gasteiger partial charge in [-0.05, 0) is 23.8 Å². The molecule has 0 unspecified atom stereocenters. The third kappa shape index (κ3) is 3.84. The largest absolute Gasteiger partial charge is 0.391 e. The molecule has 0 saturated carbocycles. The van der Waals surface area contributed by atoms with E-state index in [4.69, 9.17) is 21.7 Å². The van der Waals surface area contributed by atoms with Crippen molar-refractivity contribution in [3.05, 3.63) is 70.2 Å². The second-order valence-electron chi connectivity index (χ2n) is 3.83. The Balaban J connectivity index is 1.93. The topological polar surface area (TPSA) is 45.4 Å². The summed E-state index contributed by atoms with van der Waals surface area (Å²) in [6, 6.07) is 16.7. The van der Waals surface area contributed by atoms with Crippen LogP contribution in [0.3, 0.4) is 0 Å². The smallest absolute Gasteiger partial charge is 0.143 e. The molecule has 0 aliphatic heterocycles. The van der Waals surface area contributed by atoms with Gasteiger partial charge in [0.25, 0.3) is 0 Å². The summed E-state index contributed by atoms with van der Waals surface area (Å²) in [4.78, 5) is 5.18. The molecule has 94 valence electrons. The number of rotatable bonds is 4. The lowest BCUT2D eigenvalue weighted by atomic mass is 10.1. The van der Waals surface area contributed by atoms with E-state index in [2.05, 4.69) is 11.2 Å². The maximum Gasteiger partial charge on any atom is 0.143 e. The first-order valence-electron chi connectivity index (χ1n) is 5.68. The Morgan fingerprint density at radius 2 is 1.89 bits per heavy atom. The van der Waals surface area contributed by atoms with E-state index in [1.165, 1.54) is 0 Å². The zero-order valence-corrected chi connectivity index (χ0v) is 10.8. The molecule has 4 heteroatoms. The van der Waals surface area contributed by atoms with Crippen LogP contribution in [-0.4, -0.2) is 6.21 Å². The molecule has 2 rings (SSSR count). The fourth-order valence-corrected chi connectivity index (χ4v) is 1.64. The molecule has 0 saturated heterocycles. The maximum atomic E-state index is 8.92. The highest BCUT2D eigenvalue weighted by atomic mass is 35.5. The molecule has 2 aromatic rings. The quantitative estimate of drug-likeness (QED) is 0.627. The van der Waals surface area contributed by atoms with Crippen LogP contribution >= 0.6 is 11.6 Å². The number of nitrogens with zero attached hydrogens (tertiary/aromatic N) is 2. The Morgan fingerprint density at radius 3 is 2.63 bits per heavy atom. The van der Waals surface area contributed by atoms with Crippen molar-refractivity contribution in [2.75, 3.05) is 0 Å². The van der Waals surface area contributed by atoms with Crippen molar-refractivity contribution in [1.29, 1.82) is 5.26 Å². The van der Waals surface area contributed by atoms with E-state index in [0.29, 0.717) is 10.6 Å². The average molecular weight is 271 g/mol. The molecular formula is C15H11ClN2O. The van der Waals surface area contributed by atoms with Crippen molar-refractivity contribution in [2.24, 2.45) is 5.16 Å². The summed E-state index contributed by atoms with van der Waals surface area (Å²) < 4.78 is 0. The third-order valence-electron chi connectivity index (χ3n) is 2.50. The van der Waals surface area contributed by atoms with Gasteiger partial charge in [0.2, 0.25) is 0 Å². The van der Waals surface area contributed by atoms with Crippen molar-refractivity contribution in [3.63, 3.8) is 0 Å². The van der Waals surface area contributed by atoms with Gasteiger partial charge in [-0.3, -0.25) is 0 Å².